The summed E-state index contributed by atoms with van der Waals surface area (Å²) in [5.41, 5.74) is 0.443. The molecule has 0 bridgehead atoms. The van der Waals surface area contributed by atoms with E-state index in [1.54, 1.807) is 19.1 Å². The molecular formula is C25H24FN5O5S. The molecule has 10 nitrogen and oxygen atoms in total. The van der Waals surface area contributed by atoms with Gasteiger partial charge in [0.25, 0.3) is 11.8 Å². The fraction of sp³-hybridized carbons (Fsp3) is 0.320. The van der Waals surface area contributed by atoms with Crippen LogP contribution in [0.1, 0.15) is 44.9 Å². The number of pyridine rings is 1. The highest BCUT2D eigenvalue weighted by atomic mass is 32.1. The van der Waals surface area contributed by atoms with E-state index < -0.39 is 17.6 Å². The van der Waals surface area contributed by atoms with Crippen molar-refractivity contribution in [2.75, 3.05) is 29.2 Å². The van der Waals surface area contributed by atoms with Crippen molar-refractivity contribution in [3.63, 3.8) is 0 Å². The van der Waals surface area contributed by atoms with Gasteiger partial charge in [0, 0.05) is 12.3 Å². The minimum Gasteiger partial charge on any atom is -0.489 e. The van der Waals surface area contributed by atoms with Crippen LogP contribution in [0, 0.1) is 18.7 Å². The molecular weight excluding hydrogens is 501 g/mol. The van der Waals surface area contributed by atoms with Crippen LogP contribution in [0.15, 0.2) is 36.7 Å². The number of halogens is 1. The molecule has 5 rings (SSSR count). The van der Waals surface area contributed by atoms with E-state index in [1.165, 1.54) is 24.5 Å². The van der Waals surface area contributed by atoms with Gasteiger partial charge < -0.3 is 25.4 Å². The lowest BCUT2D eigenvalue weighted by Gasteiger charge is -2.12. The highest BCUT2D eigenvalue weighted by Crippen LogP contribution is 2.27. The van der Waals surface area contributed by atoms with Crippen LogP contribution in [0.2, 0.25) is 0 Å². The summed E-state index contributed by atoms with van der Waals surface area (Å²) >= 11 is 1.01. The molecule has 0 spiro atoms. The second-order valence-corrected chi connectivity index (χ2v) is 9.86. The predicted molar refractivity (Wildman–Crippen MR) is 135 cm³/mol. The molecule has 3 aromatic rings. The number of nitrogens with one attached hydrogen (secondary N) is 3. The summed E-state index contributed by atoms with van der Waals surface area (Å²) in [6.45, 7) is 2.52. The molecule has 1 aliphatic carbocycles. The Morgan fingerprint density at radius 2 is 1.89 bits per heavy atom. The number of rotatable bonds is 8. The van der Waals surface area contributed by atoms with Crippen molar-refractivity contribution < 1.29 is 28.2 Å². The van der Waals surface area contributed by atoms with E-state index in [4.69, 9.17) is 9.47 Å². The SMILES string of the molecule is Cc1cc(F)c(C(=O)Nc2ccc(OC3CC3)cn2)cc1NC(=O)c1cnc(NC(=O)[C@@H]2CCOC2)s1. The molecule has 1 atom stereocenters. The Kier molecular flexibility index (Phi) is 7.10. The van der Waals surface area contributed by atoms with E-state index in [9.17, 15) is 18.8 Å². The van der Waals surface area contributed by atoms with Gasteiger partial charge in [0.05, 0.1) is 36.6 Å². The van der Waals surface area contributed by atoms with Gasteiger partial charge in [-0.1, -0.05) is 11.3 Å². The molecule has 1 aliphatic heterocycles. The lowest BCUT2D eigenvalue weighted by Crippen LogP contribution is -2.22. The lowest BCUT2D eigenvalue weighted by molar-refractivity contribution is -0.119. The first-order valence-corrected chi connectivity index (χ1v) is 12.6. The molecule has 2 aliphatic rings. The van der Waals surface area contributed by atoms with Crippen molar-refractivity contribution in [3.8, 4) is 5.75 Å². The van der Waals surface area contributed by atoms with Crippen molar-refractivity contribution >= 4 is 45.7 Å². The van der Waals surface area contributed by atoms with Gasteiger partial charge in [0.1, 0.15) is 22.3 Å². The van der Waals surface area contributed by atoms with Crippen molar-refractivity contribution in [2.45, 2.75) is 32.3 Å². The van der Waals surface area contributed by atoms with Crippen LogP contribution in [0.4, 0.5) is 21.0 Å². The van der Waals surface area contributed by atoms with Crippen LogP contribution < -0.4 is 20.7 Å². The van der Waals surface area contributed by atoms with Gasteiger partial charge in [-0.15, -0.1) is 0 Å². The van der Waals surface area contributed by atoms with E-state index in [0.29, 0.717) is 36.1 Å². The first-order chi connectivity index (χ1) is 17.9. The van der Waals surface area contributed by atoms with Gasteiger partial charge in [0.2, 0.25) is 5.91 Å². The van der Waals surface area contributed by atoms with Crippen molar-refractivity contribution in [1.29, 1.82) is 0 Å². The molecule has 3 heterocycles. The summed E-state index contributed by atoms with van der Waals surface area (Å²) in [6, 6.07) is 5.70. The fourth-order valence-corrected chi connectivity index (χ4v) is 4.35. The van der Waals surface area contributed by atoms with Crippen LogP contribution in [0.5, 0.6) is 5.75 Å². The highest BCUT2D eigenvalue weighted by molar-refractivity contribution is 7.17. The zero-order valence-electron chi connectivity index (χ0n) is 19.9. The topological polar surface area (TPSA) is 132 Å². The van der Waals surface area contributed by atoms with E-state index in [1.807, 2.05) is 0 Å². The Bertz CT molecular complexity index is 1340. The quantitative estimate of drug-likeness (QED) is 0.405. The standard InChI is InChI=1S/C25H24FN5O5S/c1-13-8-18(26)17(23(33)30-21-5-4-16(10-27-21)36-15-2-3-15)9-19(13)29-24(34)20-11-28-25(37-20)31-22(32)14-6-7-35-12-14/h4-5,8-11,14-15H,2-3,6-7,12H2,1H3,(H,29,34)(H,27,30,33)(H,28,31,32)/t14-/m1/s1. The Morgan fingerprint density at radius 1 is 1.05 bits per heavy atom. The molecule has 12 heteroatoms. The third-order valence-electron chi connectivity index (χ3n) is 5.87. The maximum Gasteiger partial charge on any atom is 0.267 e. The highest BCUT2D eigenvalue weighted by Gasteiger charge is 2.25. The Morgan fingerprint density at radius 3 is 2.59 bits per heavy atom. The number of carbonyl (C=O) groups excluding carboxylic acids is 3. The summed E-state index contributed by atoms with van der Waals surface area (Å²) in [5.74, 6) is -1.56. The second-order valence-electron chi connectivity index (χ2n) is 8.83. The first-order valence-electron chi connectivity index (χ1n) is 11.8. The number of ether oxygens (including phenoxy) is 2. The van der Waals surface area contributed by atoms with Crippen LogP contribution in [-0.4, -0.2) is 47.0 Å². The average molecular weight is 526 g/mol. The third kappa shape index (κ3) is 6.09. The number of carbonyl (C=O) groups is 3. The van der Waals surface area contributed by atoms with Gasteiger partial charge in [-0.25, -0.2) is 14.4 Å². The summed E-state index contributed by atoms with van der Waals surface area (Å²) in [6.07, 6.45) is 5.73. The monoisotopic (exact) mass is 525 g/mol. The van der Waals surface area contributed by atoms with Crippen LogP contribution in [0.3, 0.4) is 0 Å². The summed E-state index contributed by atoms with van der Waals surface area (Å²) in [4.78, 5) is 46.3. The minimum absolute atomic E-state index is 0.205. The zero-order valence-corrected chi connectivity index (χ0v) is 20.7. The second kappa shape index (κ2) is 10.6. The average Bonchev–Trinajstić information content (AvgIpc) is 3.31. The molecule has 1 saturated carbocycles. The smallest absolute Gasteiger partial charge is 0.267 e. The number of thiazole rings is 1. The zero-order chi connectivity index (χ0) is 25.9. The van der Waals surface area contributed by atoms with Crippen molar-refractivity contribution in [2.24, 2.45) is 5.92 Å². The van der Waals surface area contributed by atoms with E-state index in [0.717, 1.165) is 24.2 Å². The van der Waals surface area contributed by atoms with Crippen molar-refractivity contribution in [1.82, 2.24) is 9.97 Å². The molecule has 37 heavy (non-hydrogen) atoms. The predicted octanol–water partition coefficient (Wildman–Crippen LogP) is 4.01. The van der Waals surface area contributed by atoms with Gasteiger partial charge in [-0.3, -0.25) is 14.4 Å². The molecule has 1 saturated heterocycles. The van der Waals surface area contributed by atoms with Gasteiger partial charge in [-0.2, -0.15) is 0 Å². The summed E-state index contributed by atoms with van der Waals surface area (Å²) in [7, 11) is 0. The number of hydrogen-bond donors (Lipinski definition) is 3. The Labute approximate surface area is 215 Å². The number of hydrogen-bond acceptors (Lipinski definition) is 8. The molecule has 2 fully saturated rings. The van der Waals surface area contributed by atoms with E-state index in [-0.39, 0.29) is 39.9 Å². The number of anilines is 3. The molecule has 2 aromatic heterocycles. The number of aryl methyl sites for hydroxylation is 1. The molecule has 0 unspecified atom stereocenters. The number of benzene rings is 1. The summed E-state index contributed by atoms with van der Waals surface area (Å²) < 4.78 is 25.5. The normalized spacial score (nSPS) is 16.8. The lowest BCUT2D eigenvalue weighted by atomic mass is 10.1. The Balaban J connectivity index is 1.24. The number of amides is 3. The van der Waals surface area contributed by atoms with Gasteiger partial charge >= 0.3 is 0 Å². The summed E-state index contributed by atoms with van der Waals surface area (Å²) in [5, 5.41) is 8.23. The van der Waals surface area contributed by atoms with Gasteiger partial charge in [0.15, 0.2) is 5.13 Å². The van der Waals surface area contributed by atoms with E-state index in [2.05, 4.69) is 25.9 Å². The van der Waals surface area contributed by atoms with Crippen LogP contribution in [-0.2, 0) is 9.53 Å². The largest absolute Gasteiger partial charge is 0.489 e. The van der Waals surface area contributed by atoms with Crippen LogP contribution in [0.25, 0.3) is 0 Å². The third-order valence-corrected chi connectivity index (χ3v) is 6.78. The maximum absolute atomic E-state index is 14.6. The molecule has 3 amide bonds. The molecule has 3 N–H and O–H groups in total. The van der Waals surface area contributed by atoms with Crippen molar-refractivity contribution in [3.05, 3.63) is 58.5 Å². The molecule has 0 radical (unpaired) electrons. The number of nitrogens with zero attached hydrogens (tertiary/aromatic N) is 2. The molecule has 1 aromatic carbocycles. The minimum atomic E-state index is -0.736. The Hall–Kier alpha value is -3.90. The first kappa shape index (κ1) is 24.8. The maximum atomic E-state index is 14.6. The van der Waals surface area contributed by atoms with Gasteiger partial charge in [-0.05, 0) is 56.0 Å². The van der Waals surface area contributed by atoms with Crippen LogP contribution >= 0.6 is 11.3 Å². The van der Waals surface area contributed by atoms with E-state index >= 15 is 0 Å². The molecule has 192 valence electrons. The fourth-order valence-electron chi connectivity index (χ4n) is 3.64. The number of aromatic nitrogens is 2.